The first-order valence-electron chi connectivity index (χ1n) is 8.95. The van der Waals surface area contributed by atoms with Gasteiger partial charge in [-0.25, -0.2) is 4.98 Å². The average Bonchev–Trinajstić information content (AvgIpc) is 3.56. The minimum atomic E-state index is 0.188. The molecule has 27 heavy (non-hydrogen) atoms. The van der Waals surface area contributed by atoms with Gasteiger partial charge in [0.05, 0.1) is 12.8 Å². The number of rotatable bonds is 9. The monoisotopic (exact) mass is 363 g/mol. The van der Waals surface area contributed by atoms with Gasteiger partial charge in [0.15, 0.2) is 5.75 Å². The van der Waals surface area contributed by atoms with Crippen LogP contribution in [-0.2, 0) is 18.0 Å². The van der Waals surface area contributed by atoms with Gasteiger partial charge < -0.3 is 18.9 Å². The van der Waals surface area contributed by atoms with Crippen LogP contribution >= 0.6 is 0 Å². The van der Waals surface area contributed by atoms with Crippen molar-refractivity contribution in [3.63, 3.8) is 0 Å². The van der Waals surface area contributed by atoms with E-state index in [0.717, 1.165) is 17.7 Å². The fourth-order valence-corrected chi connectivity index (χ4v) is 2.52. The standard InChI is InChI=1S/C22H21NO4/c1-3-7-17(8-4-1)13-26-21-11-19(24-15-20-16-25-20)12-23-22(21)27-14-18-9-5-2-6-10-18/h1-12,20H,13-16H2. The Balaban J connectivity index is 1.46. The number of ether oxygens (including phenoxy) is 4. The number of hydrogen-bond donors (Lipinski definition) is 0. The first-order chi connectivity index (χ1) is 13.4. The molecule has 2 heterocycles. The van der Waals surface area contributed by atoms with E-state index in [2.05, 4.69) is 4.98 Å². The normalized spacial score (nSPS) is 15.2. The molecule has 0 saturated carbocycles. The van der Waals surface area contributed by atoms with Gasteiger partial charge in [-0.15, -0.1) is 0 Å². The number of nitrogens with zero attached hydrogens (tertiary/aromatic N) is 1. The van der Waals surface area contributed by atoms with E-state index >= 15 is 0 Å². The first-order valence-corrected chi connectivity index (χ1v) is 8.95. The molecule has 138 valence electrons. The second kappa shape index (κ2) is 8.56. The molecule has 3 aromatic rings. The fourth-order valence-electron chi connectivity index (χ4n) is 2.52. The second-order valence-electron chi connectivity index (χ2n) is 6.29. The predicted molar refractivity (Wildman–Crippen MR) is 101 cm³/mol. The van der Waals surface area contributed by atoms with Crippen LogP contribution in [0.1, 0.15) is 11.1 Å². The van der Waals surface area contributed by atoms with Crippen molar-refractivity contribution in [3.05, 3.63) is 84.1 Å². The summed E-state index contributed by atoms with van der Waals surface area (Å²) in [6.45, 7) is 2.12. The Hall–Kier alpha value is -3.05. The van der Waals surface area contributed by atoms with Gasteiger partial charge in [0.25, 0.3) is 5.88 Å². The van der Waals surface area contributed by atoms with Gasteiger partial charge in [-0.2, -0.15) is 0 Å². The van der Waals surface area contributed by atoms with Crippen molar-refractivity contribution in [2.75, 3.05) is 13.2 Å². The van der Waals surface area contributed by atoms with E-state index < -0.39 is 0 Å². The Kier molecular flexibility index (Phi) is 5.50. The van der Waals surface area contributed by atoms with Crippen molar-refractivity contribution in [3.8, 4) is 17.4 Å². The molecule has 1 fully saturated rings. The molecule has 0 aliphatic carbocycles. The van der Waals surface area contributed by atoms with Crippen molar-refractivity contribution in [2.24, 2.45) is 0 Å². The van der Waals surface area contributed by atoms with Crippen molar-refractivity contribution in [2.45, 2.75) is 19.3 Å². The van der Waals surface area contributed by atoms with Gasteiger partial charge in [0.1, 0.15) is 31.7 Å². The lowest BCUT2D eigenvalue weighted by molar-refractivity contribution is 0.237. The predicted octanol–water partition coefficient (Wildman–Crippen LogP) is 4.02. The number of pyridine rings is 1. The molecule has 1 atom stereocenters. The molecule has 0 amide bonds. The van der Waals surface area contributed by atoms with Crippen LogP contribution in [0.3, 0.4) is 0 Å². The maximum absolute atomic E-state index is 5.98. The summed E-state index contributed by atoms with van der Waals surface area (Å²) < 4.78 is 22.8. The highest BCUT2D eigenvalue weighted by atomic mass is 16.6. The summed E-state index contributed by atoms with van der Waals surface area (Å²) >= 11 is 0. The summed E-state index contributed by atoms with van der Waals surface area (Å²) in [7, 11) is 0. The molecular formula is C22H21NO4. The number of aromatic nitrogens is 1. The average molecular weight is 363 g/mol. The number of epoxide rings is 1. The molecule has 4 rings (SSSR count). The molecule has 1 unspecified atom stereocenters. The summed E-state index contributed by atoms with van der Waals surface area (Å²) in [5.41, 5.74) is 2.14. The molecule has 1 aromatic heterocycles. The van der Waals surface area contributed by atoms with Crippen LogP contribution in [0.5, 0.6) is 17.4 Å². The lowest BCUT2D eigenvalue weighted by Crippen LogP contribution is -2.06. The Morgan fingerprint density at radius 1 is 0.852 bits per heavy atom. The van der Waals surface area contributed by atoms with Crippen LogP contribution in [0, 0.1) is 0 Å². The topological polar surface area (TPSA) is 53.1 Å². The van der Waals surface area contributed by atoms with Crippen LogP contribution in [0.15, 0.2) is 72.9 Å². The Labute approximate surface area is 158 Å². The number of benzene rings is 2. The van der Waals surface area contributed by atoms with Crippen molar-refractivity contribution >= 4 is 0 Å². The highest BCUT2D eigenvalue weighted by Gasteiger charge is 2.23. The molecule has 5 heteroatoms. The van der Waals surface area contributed by atoms with Gasteiger partial charge in [-0.3, -0.25) is 0 Å². The van der Waals surface area contributed by atoms with Gasteiger partial charge in [0.2, 0.25) is 0 Å². The van der Waals surface area contributed by atoms with Crippen LogP contribution in [-0.4, -0.2) is 24.3 Å². The SMILES string of the molecule is c1ccc(COc2cc(OCC3CO3)cnc2OCc2ccccc2)cc1. The van der Waals surface area contributed by atoms with E-state index in [1.807, 2.05) is 66.7 Å². The minimum Gasteiger partial charge on any atom is -0.489 e. The van der Waals surface area contributed by atoms with Crippen LogP contribution in [0.25, 0.3) is 0 Å². The van der Waals surface area contributed by atoms with E-state index in [4.69, 9.17) is 18.9 Å². The van der Waals surface area contributed by atoms with Crippen LogP contribution < -0.4 is 14.2 Å². The summed E-state index contributed by atoms with van der Waals surface area (Å²) in [6.07, 6.45) is 1.84. The third kappa shape index (κ3) is 5.21. The Bertz CT molecular complexity index is 851. The molecule has 2 aromatic carbocycles. The second-order valence-corrected chi connectivity index (χ2v) is 6.29. The molecule has 1 aliphatic heterocycles. The van der Waals surface area contributed by atoms with E-state index in [-0.39, 0.29) is 6.10 Å². The summed E-state index contributed by atoms with van der Waals surface area (Å²) in [6, 6.07) is 21.8. The zero-order chi connectivity index (χ0) is 18.3. The van der Waals surface area contributed by atoms with E-state index in [0.29, 0.717) is 37.2 Å². The van der Waals surface area contributed by atoms with E-state index in [1.54, 1.807) is 6.20 Å². The third-order valence-corrected chi connectivity index (χ3v) is 4.09. The Morgan fingerprint density at radius 2 is 1.48 bits per heavy atom. The van der Waals surface area contributed by atoms with Crippen molar-refractivity contribution < 1.29 is 18.9 Å². The summed E-state index contributed by atoms with van der Waals surface area (Å²) in [5, 5.41) is 0. The lowest BCUT2D eigenvalue weighted by Gasteiger charge is -2.14. The van der Waals surface area contributed by atoms with E-state index in [1.165, 1.54) is 0 Å². The van der Waals surface area contributed by atoms with Crippen molar-refractivity contribution in [1.82, 2.24) is 4.98 Å². The van der Waals surface area contributed by atoms with Crippen LogP contribution in [0.4, 0.5) is 0 Å². The maximum Gasteiger partial charge on any atom is 0.257 e. The third-order valence-electron chi connectivity index (χ3n) is 4.09. The van der Waals surface area contributed by atoms with Crippen molar-refractivity contribution in [1.29, 1.82) is 0 Å². The van der Waals surface area contributed by atoms with E-state index in [9.17, 15) is 0 Å². The molecule has 5 nitrogen and oxygen atoms in total. The lowest BCUT2D eigenvalue weighted by atomic mass is 10.2. The fraction of sp³-hybridized carbons (Fsp3) is 0.227. The van der Waals surface area contributed by atoms with Gasteiger partial charge in [-0.05, 0) is 11.1 Å². The summed E-state index contributed by atoms with van der Waals surface area (Å²) in [4.78, 5) is 4.39. The van der Waals surface area contributed by atoms with Crippen LogP contribution in [0.2, 0.25) is 0 Å². The summed E-state index contributed by atoms with van der Waals surface area (Å²) in [5.74, 6) is 1.65. The highest BCUT2D eigenvalue weighted by molar-refractivity contribution is 5.39. The number of hydrogen-bond acceptors (Lipinski definition) is 5. The Morgan fingerprint density at radius 3 is 2.11 bits per heavy atom. The molecular weight excluding hydrogens is 342 g/mol. The first kappa shape index (κ1) is 17.4. The smallest absolute Gasteiger partial charge is 0.257 e. The zero-order valence-electron chi connectivity index (χ0n) is 14.9. The molecule has 0 spiro atoms. The molecule has 0 bridgehead atoms. The quantitative estimate of drug-likeness (QED) is 0.538. The minimum absolute atomic E-state index is 0.188. The molecule has 1 aliphatic rings. The van der Waals surface area contributed by atoms with Gasteiger partial charge in [-0.1, -0.05) is 60.7 Å². The molecule has 0 N–H and O–H groups in total. The highest BCUT2D eigenvalue weighted by Crippen LogP contribution is 2.30. The largest absolute Gasteiger partial charge is 0.489 e. The van der Waals surface area contributed by atoms with Gasteiger partial charge >= 0.3 is 0 Å². The zero-order valence-corrected chi connectivity index (χ0v) is 14.9. The molecule has 1 saturated heterocycles. The van der Waals surface area contributed by atoms with Gasteiger partial charge in [0, 0.05) is 6.07 Å². The maximum atomic E-state index is 5.98. The molecule has 0 radical (unpaired) electrons.